The Morgan fingerprint density at radius 2 is 2.08 bits per heavy atom. The van der Waals surface area contributed by atoms with Crippen molar-refractivity contribution in [2.45, 2.75) is 39.4 Å². The molecule has 0 aliphatic rings. The van der Waals surface area contributed by atoms with Gasteiger partial charge in [0.05, 0.1) is 6.20 Å². The van der Waals surface area contributed by atoms with Gasteiger partial charge in [0.1, 0.15) is 8.07 Å². The van der Waals surface area contributed by atoms with Gasteiger partial charge in [0.15, 0.2) is 0 Å². The molecular formula is C9H18N2Si. The molecule has 12 heavy (non-hydrogen) atoms. The number of aromatic nitrogens is 2. The molecule has 0 unspecified atom stereocenters. The number of hydrogen-bond acceptors (Lipinski definition) is 1. The van der Waals surface area contributed by atoms with Gasteiger partial charge in [0.25, 0.3) is 0 Å². The standard InChI is InChI=1S/C9H18N2Si/c1-5-6-8-7-10-11-9(8)12(2,3)4/h7H,5-6H2,1-4H3,(H,10,11). The SMILES string of the molecule is CCCc1cn[nH]c1[Si](C)(C)C. The van der Waals surface area contributed by atoms with E-state index in [1.165, 1.54) is 17.3 Å². The van der Waals surface area contributed by atoms with Crippen LogP contribution in [0.2, 0.25) is 19.6 Å². The van der Waals surface area contributed by atoms with E-state index in [-0.39, 0.29) is 0 Å². The van der Waals surface area contributed by atoms with Crippen LogP contribution >= 0.6 is 0 Å². The van der Waals surface area contributed by atoms with Crippen molar-refractivity contribution in [3.05, 3.63) is 11.8 Å². The molecule has 1 heterocycles. The molecule has 1 N–H and O–H groups in total. The second-order valence-corrected chi connectivity index (χ2v) is 9.27. The third kappa shape index (κ3) is 1.97. The van der Waals surface area contributed by atoms with Crippen LogP contribution in [0.3, 0.4) is 0 Å². The lowest BCUT2D eigenvalue weighted by Gasteiger charge is -2.15. The highest BCUT2D eigenvalue weighted by molar-refractivity contribution is 6.88. The Kier molecular flexibility index (Phi) is 2.72. The molecule has 1 aromatic heterocycles. The van der Waals surface area contributed by atoms with Gasteiger partial charge in [0, 0.05) is 5.32 Å². The van der Waals surface area contributed by atoms with Gasteiger partial charge >= 0.3 is 0 Å². The first-order chi connectivity index (χ1) is 5.55. The second kappa shape index (κ2) is 3.43. The third-order valence-electron chi connectivity index (χ3n) is 1.99. The first-order valence-electron chi connectivity index (χ1n) is 4.58. The van der Waals surface area contributed by atoms with Gasteiger partial charge in [-0.1, -0.05) is 33.0 Å². The van der Waals surface area contributed by atoms with E-state index in [4.69, 9.17) is 0 Å². The van der Waals surface area contributed by atoms with Crippen molar-refractivity contribution in [1.29, 1.82) is 0 Å². The number of nitrogens with one attached hydrogen (secondary N) is 1. The van der Waals surface area contributed by atoms with E-state index in [1.807, 2.05) is 6.20 Å². The highest BCUT2D eigenvalue weighted by Crippen LogP contribution is 2.06. The minimum atomic E-state index is -1.18. The van der Waals surface area contributed by atoms with Crippen molar-refractivity contribution in [2.24, 2.45) is 0 Å². The van der Waals surface area contributed by atoms with Crippen molar-refractivity contribution in [3.63, 3.8) is 0 Å². The fourth-order valence-electron chi connectivity index (χ4n) is 1.42. The number of aryl methyl sites for hydroxylation is 1. The van der Waals surface area contributed by atoms with Crippen molar-refractivity contribution < 1.29 is 0 Å². The number of nitrogens with zero attached hydrogens (tertiary/aromatic N) is 1. The highest BCUT2D eigenvalue weighted by Gasteiger charge is 2.21. The van der Waals surface area contributed by atoms with Gasteiger partial charge in [-0.05, 0) is 12.0 Å². The predicted molar refractivity (Wildman–Crippen MR) is 55.6 cm³/mol. The largest absolute Gasteiger partial charge is 0.287 e. The van der Waals surface area contributed by atoms with Gasteiger partial charge in [-0.3, -0.25) is 5.10 Å². The van der Waals surface area contributed by atoms with E-state index in [9.17, 15) is 0 Å². The molecule has 0 bridgehead atoms. The smallest absolute Gasteiger partial charge is 0.101 e. The first-order valence-corrected chi connectivity index (χ1v) is 8.08. The van der Waals surface area contributed by atoms with Crippen LogP contribution in [-0.2, 0) is 6.42 Å². The summed E-state index contributed by atoms with van der Waals surface area (Å²) in [7, 11) is -1.18. The Labute approximate surface area is 75.4 Å². The monoisotopic (exact) mass is 182 g/mol. The van der Waals surface area contributed by atoms with Gasteiger partial charge in [-0.15, -0.1) is 0 Å². The van der Waals surface area contributed by atoms with Gasteiger partial charge in [-0.25, -0.2) is 0 Å². The van der Waals surface area contributed by atoms with Gasteiger partial charge in [0.2, 0.25) is 0 Å². The van der Waals surface area contributed by atoms with Crippen molar-refractivity contribution in [1.82, 2.24) is 10.2 Å². The maximum Gasteiger partial charge on any atom is 0.101 e. The number of H-pyrrole nitrogens is 1. The Morgan fingerprint density at radius 3 is 2.58 bits per heavy atom. The molecule has 0 saturated heterocycles. The summed E-state index contributed by atoms with van der Waals surface area (Å²) in [5.41, 5.74) is 1.43. The van der Waals surface area contributed by atoms with Crippen LogP contribution in [0.25, 0.3) is 0 Å². The van der Waals surface area contributed by atoms with E-state index in [2.05, 4.69) is 36.8 Å². The second-order valence-electron chi connectivity index (χ2n) is 4.27. The summed E-state index contributed by atoms with van der Waals surface area (Å²) in [5.74, 6) is 0. The molecule has 0 saturated carbocycles. The zero-order chi connectivity index (χ0) is 9.19. The van der Waals surface area contributed by atoms with Crippen LogP contribution in [0.15, 0.2) is 6.20 Å². The molecule has 68 valence electrons. The Morgan fingerprint density at radius 1 is 1.42 bits per heavy atom. The molecular weight excluding hydrogens is 164 g/mol. The Hall–Kier alpha value is -0.573. The maximum atomic E-state index is 4.12. The lowest BCUT2D eigenvalue weighted by atomic mass is 10.2. The quantitative estimate of drug-likeness (QED) is 0.711. The molecule has 0 atom stereocenters. The zero-order valence-electron chi connectivity index (χ0n) is 8.44. The first kappa shape index (κ1) is 9.51. The topological polar surface area (TPSA) is 28.7 Å². The van der Waals surface area contributed by atoms with E-state index in [0.717, 1.165) is 6.42 Å². The summed E-state index contributed by atoms with van der Waals surface area (Å²) in [6.45, 7) is 9.25. The molecule has 1 rings (SSSR count). The molecule has 3 heteroatoms. The molecule has 0 spiro atoms. The van der Waals surface area contributed by atoms with E-state index < -0.39 is 8.07 Å². The maximum absolute atomic E-state index is 4.12. The summed E-state index contributed by atoms with van der Waals surface area (Å²) in [5, 5.41) is 8.68. The van der Waals surface area contributed by atoms with Crippen LogP contribution in [-0.4, -0.2) is 18.3 Å². The molecule has 0 aliphatic carbocycles. The summed E-state index contributed by atoms with van der Waals surface area (Å²) >= 11 is 0. The van der Waals surface area contributed by atoms with Crippen LogP contribution in [0, 0.1) is 0 Å². The summed E-state index contributed by atoms with van der Waals surface area (Å²) in [6.07, 6.45) is 4.35. The summed E-state index contributed by atoms with van der Waals surface area (Å²) < 4.78 is 0. The molecule has 0 fully saturated rings. The van der Waals surface area contributed by atoms with Crippen LogP contribution in [0.5, 0.6) is 0 Å². The van der Waals surface area contributed by atoms with E-state index >= 15 is 0 Å². The number of hydrogen-bond donors (Lipinski definition) is 1. The molecule has 0 aromatic carbocycles. The number of rotatable bonds is 3. The minimum Gasteiger partial charge on any atom is -0.287 e. The third-order valence-corrected chi connectivity index (χ3v) is 3.92. The van der Waals surface area contributed by atoms with Crippen LogP contribution in [0.4, 0.5) is 0 Å². The fraction of sp³-hybridized carbons (Fsp3) is 0.667. The van der Waals surface area contributed by atoms with Crippen molar-refractivity contribution >= 4 is 13.4 Å². The number of aromatic amines is 1. The summed E-state index contributed by atoms with van der Waals surface area (Å²) in [4.78, 5) is 0. The van der Waals surface area contributed by atoms with Crippen LogP contribution < -0.4 is 5.32 Å². The van der Waals surface area contributed by atoms with Gasteiger partial charge in [-0.2, -0.15) is 5.10 Å². The van der Waals surface area contributed by atoms with Crippen molar-refractivity contribution in [2.75, 3.05) is 0 Å². The van der Waals surface area contributed by atoms with E-state index in [1.54, 1.807) is 0 Å². The lowest BCUT2D eigenvalue weighted by molar-refractivity contribution is 0.927. The molecule has 0 aliphatic heterocycles. The fourth-order valence-corrected chi connectivity index (χ4v) is 2.97. The Balaban J connectivity index is 2.91. The van der Waals surface area contributed by atoms with Crippen LogP contribution in [0.1, 0.15) is 18.9 Å². The molecule has 2 nitrogen and oxygen atoms in total. The van der Waals surface area contributed by atoms with Gasteiger partial charge < -0.3 is 0 Å². The average molecular weight is 182 g/mol. The van der Waals surface area contributed by atoms with E-state index in [0.29, 0.717) is 0 Å². The lowest BCUT2D eigenvalue weighted by Crippen LogP contribution is -2.41. The highest BCUT2D eigenvalue weighted by atomic mass is 28.3. The normalized spacial score (nSPS) is 12.0. The predicted octanol–water partition coefficient (Wildman–Crippen LogP) is 1.91. The zero-order valence-corrected chi connectivity index (χ0v) is 9.44. The minimum absolute atomic E-state index is 1.16. The molecule has 1 aromatic rings. The summed E-state index contributed by atoms with van der Waals surface area (Å²) in [6, 6.07) is 0. The molecule has 0 amide bonds. The Bertz CT molecular complexity index is 247. The molecule has 0 radical (unpaired) electrons. The average Bonchev–Trinajstić information content (AvgIpc) is 2.34. The van der Waals surface area contributed by atoms with Crippen molar-refractivity contribution in [3.8, 4) is 0 Å².